The van der Waals surface area contributed by atoms with Gasteiger partial charge in [-0.05, 0) is 66.9 Å². The number of halogens is 2. The summed E-state index contributed by atoms with van der Waals surface area (Å²) in [7, 11) is 0. The summed E-state index contributed by atoms with van der Waals surface area (Å²) in [4.78, 5) is 27.3. The third-order valence-corrected chi connectivity index (χ3v) is 5.74. The second kappa shape index (κ2) is 11.4. The molecule has 2 rings (SSSR count). The van der Waals surface area contributed by atoms with E-state index in [-0.39, 0.29) is 24.5 Å². The monoisotopic (exact) mass is 494 g/mol. The largest absolute Gasteiger partial charge is 0.483 e. The molecule has 0 fully saturated rings. The van der Waals surface area contributed by atoms with Crippen LogP contribution in [0.2, 0.25) is 5.02 Å². The van der Waals surface area contributed by atoms with Crippen molar-refractivity contribution in [2.75, 3.05) is 6.61 Å². The zero-order valence-electron chi connectivity index (χ0n) is 17.7. The van der Waals surface area contributed by atoms with Gasteiger partial charge < -0.3 is 15.0 Å². The molecule has 2 aromatic carbocycles. The molecule has 0 aliphatic carbocycles. The topological polar surface area (TPSA) is 58.6 Å². The first-order chi connectivity index (χ1) is 14.2. The van der Waals surface area contributed by atoms with Crippen LogP contribution in [0.4, 0.5) is 0 Å². The Hall–Kier alpha value is -2.05. The molecule has 1 N–H and O–H groups in total. The quantitative estimate of drug-likeness (QED) is 0.525. The number of carbonyl (C=O) groups is 2. The van der Waals surface area contributed by atoms with Gasteiger partial charge in [-0.3, -0.25) is 9.59 Å². The third kappa shape index (κ3) is 7.03. The van der Waals surface area contributed by atoms with Gasteiger partial charge >= 0.3 is 0 Å². The zero-order valence-corrected chi connectivity index (χ0v) is 20.1. The highest BCUT2D eigenvalue weighted by Gasteiger charge is 2.27. The second-order valence-electron chi connectivity index (χ2n) is 7.36. The summed E-state index contributed by atoms with van der Waals surface area (Å²) in [6.45, 7) is 7.82. The van der Waals surface area contributed by atoms with Gasteiger partial charge in [0, 0.05) is 17.6 Å². The summed E-state index contributed by atoms with van der Waals surface area (Å²) in [6.07, 6.45) is 0.818. The number of carbonyl (C=O) groups excluding carboxylic acids is 2. The molecule has 162 valence electrons. The maximum absolute atomic E-state index is 13.0. The van der Waals surface area contributed by atoms with E-state index in [2.05, 4.69) is 21.2 Å². The van der Waals surface area contributed by atoms with Crippen LogP contribution in [-0.4, -0.2) is 35.4 Å². The molecule has 2 aromatic rings. The van der Waals surface area contributed by atoms with Crippen molar-refractivity contribution in [3.05, 3.63) is 63.1 Å². The fourth-order valence-electron chi connectivity index (χ4n) is 2.75. The normalized spacial score (nSPS) is 12.7. The molecule has 0 aromatic heterocycles. The Morgan fingerprint density at radius 2 is 1.83 bits per heavy atom. The Labute approximate surface area is 191 Å². The van der Waals surface area contributed by atoms with Crippen LogP contribution in [0.5, 0.6) is 5.75 Å². The molecule has 0 radical (unpaired) electrons. The number of benzene rings is 2. The molecule has 7 heteroatoms. The van der Waals surface area contributed by atoms with Gasteiger partial charge in [-0.1, -0.05) is 48.4 Å². The van der Waals surface area contributed by atoms with Crippen LogP contribution in [0.1, 0.15) is 38.3 Å². The Kier molecular flexibility index (Phi) is 9.18. The first-order valence-electron chi connectivity index (χ1n) is 9.94. The van der Waals surface area contributed by atoms with Crippen molar-refractivity contribution in [3.8, 4) is 5.75 Å². The number of nitrogens with zero attached hydrogens (tertiary/aromatic N) is 1. The molecule has 0 unspecified atom stereocenters. The van der Waals surface area contributed by atoms with E-state index in [0.29, 0.717) is 21.8 Å². The molecule has 5 nitrogen and oxygen atoms in total. The summed E-state index contributed by atoms with van der Waals surface area (Å²) in [5.41, 5.74) is 2.08. The molecular weight excluding hydrogens is 468 g/mol. The van der Waals surface area contributed by atoms with Crippen molar-refractivity contribution >= 4 is 39.3 Å². The first-order valence-corrected chi connectivity index (χ1v) is 11.1. The Bertz CT molecular complexity index is 873. The molecule has 0 aliphatic heterocycles. The highest BCUT2D eigenvalue weighted by atomic mass is 79.9. The first kappa shape index (κ1) is 24.2. The van der Waals surface area contributed by atoms with Crippen molar-refractivity contribution in [1.82, 2.24) is 10.2 Å². The van der Waals surface area contributed by atoms with Crippen LogP contribution in [0.15, 0.2) is 46.9 Å². The standard InChI is InChI=1S/C23H28BrClN2O3/c1-5-16(3)26-23(29)17(4)27(13-18-8-6-15(2)7-9-18)22(28)14-30-21-11-10-19(25)12-20(21)24/h6-12,16-17H,5,13-14H2,1-4H3,(H,26,29)/t16-,17+/m1/s1. The molecule has 0 aliphatic rings. The lowest BCUT2D eigenvalue weighted by Gasteiger charge is -2.29. The van der Waals surface area contributed by atoms with E-state index in [1.54, 1.807) is 30.0 Å². The van der Waals surface area contributed by atoms with Crippen molar-refractivity contribution < 1.29 is 14.3 Å². The predicted molar refractivity (Wildman–Crippen MR) is 124 cm³/mol. The fraction of sp³-hybridized carbons (Fsp3) is 0.391. The van der Waals surface area contributed by atoms with Gasteiger partial charge in [0.1, 0.15) is 11.8 Å². The van der Waals surface area contributed by atoms with E-state index in [4.69, 9.17) is 16.3 Å². The van der Waals surface area contributed by atoms with Gasteiger partial charge in [0.25, 0.3) is 5.91 Å². The van der Waals surface area contributed by atoms with E-state index in [9.17, 15) is 9.59 Å². The van der Waals surface area contributed by atoms with E-state index in [1.807, 2.05) is 45.0 Å². The summed E-state index contributed by atoms with van der Waals surface area (Å²) >= 11 is 9.34. The number of amides is 2. The Morgan fingerprint density at radius 1 is 1.17 bits per heavy atom. The number of ether oxygens (including phenoxy) is 1. The number of rotatable bonds is 9. The Balaban J connectivity index is 2.16. The summed E-state index contributed by atoms with van der Waals surface area (Å²) in [5.74, 6) is 0.0569. The van der Waals surface area contributed by atoms with E-state index in [0.717, 1.165) is 17.5 Å². The van der Waals surface area contributed by atoms with Gasteiger partial charge in [0.2, 0.25) is 5.91 Å². The van der Waals surface area contributed by atoms with Crippen LogP contribution in [-0.2, 0) is 16.1 Å². The number of nitrogens with one attached hydrogen (secondary N) is 1. The summed E-state index contributed by atoms with van der Waals surface area (Å²) < 4.78 is 6.36. The maximum atomic E-state index is 13.0. The minimum absolute atomic E-state index is 0.0394. The minimum Gasteiger partial charge on any atom is -0.483 e. The van der Waals surface area contributed by atoms with Crippen LogP contribution in [0, 0.1) is 6.92 Å². The van der Waals surface area contributed by atoms with E-state index in [1.165, 1.54) is 0 Å². The highest BCUT2D eigenvalue weighted by molar-refractivity contribution is 9.10. The molecule has 0 heterocycles. The number of hydrogen-bond acceptors (Lipinski definition) is 3. The van der Waals surface area contributed by atoms with Crippen molar-refractivity contribution in [3.63, 3.8) is 0 Å². The number of hydrogen-bond donors (Lipinski definition) is 1. The van der Waals surface area contributed by atoms with Gasteiger partial charge in [0.15, 0.2) is 6.61 Å². The third-order valence-electron chi connectivity index (χ3n) is 4.89. The lowest BCUT2D eigenvalue weighted by molar-refractivity contribution is -0.142. The molecular formula is C23H28BrClN2O3. The zero-order chi connectivity index (χ0) is 22.3. The molecule has 2 atom stereocenters. The molecule has 2 amide bonds. The van der Waals surface area contributed by atoms with Gasteiger partial charge in [-0.15, -0.1) is 0 Å². The van der Waals surface area contributed by atoms with E-state index < -0.39 is 6.04 Å². The minimum atomic E-state index is -0.634. The van der Waals surface area contributed by atoms with Gasteiger partial charge in [0.05, 0.1) is 4.47 Å². The van der Waals surface area contributed by atoms with Crippen LogP contribution in [0.25, 0.3) is 0 Å². The summed E-state index contributed by atoms with van der Waals surface area (Å²) in [6, 6.07) is 12.4. The molecule has 0 bridgehead atoms. The molecule has 0 saturated carbocycles. The van der Waals surface area contributed by atoms with Crippen molar-refractivity contribution in [2.45, 2.75) is 52.7 Å². The number of aryl methyl sites for hydroxylation is 1. The smallest absolute Gasteiger partial charge is 0.261 e. The predicted octanol–water partition coefficient (Wildman–Crippen LogP) is 5.12. The average Bonchev–Trinajstić information content (AvgIpc) is 2.71. The lowest BCUT2D eigenvalue weighted by atomic mass is 10.1. The molecule has 0 spiro atoms. The van der Waals surface area contributed by atoms with Crippen LogP contribution >= 0.6 is 27.5 Å². The fourth-order valence-corrected chi connectivity index (χ4v) is 3.55. The van der Waals surface area contributed by atoms with Crippen LogP contribution in [0.3, 0.4) is 0 Å². The second-order valence-corrected chi connectivity index (χ2v) is 8.66. The van der Waals surface area contributed by atoms with Crippen molar-refractivity contribution in [2.24, 2.45) is 0 Å². The highest BCUT2D eigenvalue weighted by Crippen LogP contribution is 2.28. The SMILES string of the molecule is CC[C@@H](C)NC(=O)[C@H](C)N(Cc1ccc(C)cc1)C(=O)COc1ccc(Cl)cc1Br. The molecule has 30 heavy (non-hydrogen) atoms. The summed E-state index contributed by atoms with van der Waals surface area (Å²) in [5, 5.41) is 3.52. The average molecular weight is 496 g/mol. The Morgan fingerprint density at radius 3 is 2.43 bits per heavy atom. The van der Waals surface area contributed by atoms with Gasteiger partial charge in [-0.25, -0.2) is 0 Å². The van der Waals surface area contributed by atoms with E-state index >= 15 is 0 Å². The molecule has 0 saturated heterocycles. The lowest BCUT2D eigenvalue weighted by Crippen LogP contribution is -2.50. The van der Waals surface area contributed by atoms with Crippen molar-refractivity contribution in [1.29, 1.82) is 0 Å². The van der Waals surface area contributed by atoms with Crippen LogP contribution < -0.4 is 10.1 Å². The maximum Gasteiger partial charge on any atom is 0.261 e. The van der Waals surface area contributed by atoms with Gasteiger partial charge in [-0.2, -0.15) is 0 Å².